The van der Waals surface area contributed by atoms with Crippen molar-refractivity contribution in [3.63, 3.8) is 0 Å². The second kappa shape index (κ2) is 5.83. The van der Waals surface area contributed by atoms with Gasteiger partial charge in [0.05, 0.1) is 0 Å². The number of benzene rings is 2. The molecular weight excluding hydrogens is 218 g/mol. The molecule has 0 aliphatic heterocycles. The van der Waals surface area contributed by atoms with Gasteiger partial charge < -0.3 is 5.32 Å². The molecule has 0 radical (unpaired) electrons. The van der Waals surface area contributed by atoms with Crippen LogP contribution in [0.2, 0.25) is 0 Å². The van der Waals surface area contributed by atoms with E-state index in [1.165, 1.54) is 22.3 Å². The van der Waals surface area contributed by atoms with Crippen LogP contribution in [-0.4, -0.2) is 0 Å². The van der Waals surface area contributed by atoms with Crippen molar-refractivity contribution in [2.45, 2.75) is 33.4 Å². The fourth-order valence-corrected chi connectivity index (χ4v) is 2.25. The third-order valence-corrected chi connectivity index (χ3v) is 3.51. The quantitative estimate of drug-likeness (QED) is 0.845. The summed E-state index contributed by atoms with van der Waals surface area (Å²) >= 11 is 0. The first-order valence-electron chi connectivity index (χ1n) is 6.52. The highest BCUT2D eigenvalue weighted by molar-refractivity contribution is 5.29. The molecule has 2 aromatic carbocycles. The van der Waals surface area contributed by atoms with E-state index in [9.17, 15) is 0 Å². The first-order chi connectivity index (χ1) is 8.68. The minimum Gasteiger partial charge on any atom is -0.306 e. The maximum atomic E-state index is 3.60. The van der Waals surface area contributed by atoms with Crippen LogP contribution in [0.5, 0.6) is 0 Å². The van der Waals surface area contributed by atoms with Gasteiger partial charge in [0, 0.05) is 12.6 Å². The molecule has 0 aromatic heterocycles. The summed E-state index contributed by atoms with van der Waals surface area (Å²) in [5, 5.41) is 3.60. The molecule has 18 heavy (non-hydrogen) atoms. The first kappa shape index (κ1) is 12.8. The summed E-state index contributed by atoms with van der Waals surface area (Å²) in [6.45, 7) is 7.47. The van der Waals surface area contributed by atoms with Crippen LogP contribution in [0, 0.1) is 13.8 Å². The van der Waals surface area contributed by atoms with E-state index in [-0.39, 0.29) is 0 Å². The minimum absolute atomic E-state index is 0.380. The summed E-state index contributed by atoms with van der Waals surface area (Å²) in [7, 11) is 0. The third kappa shape index (κ3) is 2.99. The van der Waals surface area contributed by atoms with Crippen molar-refractivity contribution in [1.29, 1.82) is 0 Å². The summed E-state index contributed by atoms with van der Waals surface area (Å²) in [6.07, 6.45) is 0. The van der Waals surface area contributed by atoms with Crippen LogP contribution in [0.1, 0.15) is 35.2 Å². The van der Waals surface area contributed by atoms with E-state index >= 15 is 0 Å². The standard InChI is InChI=1S/C17H21N/c1-13-8-4-6-10-16(13)12-18-15(3)17-11-7-5-9-14(17)2/h4-11,15,18H,12H2,1-3H3/t15-/m0/s1. The summed E-state index contributed by atoms with van der Waals surface area (Å²) in [5.74, 6) is 0. The van der Waals surface area contributed by atoms with E-state index in [0.29, 0.717) is 6.04 Å². The third-order valence-electron chi connectivity index (χ3n) is 3.51. The Bertz CT molecular complexity index is 517. The molecule has 1 N–H and O–H groups in total. The fraction of sp³-hybridized carbons (Fsp3) is 0.294. The van der Waals surface area contributed by atoms with Crippen LogP contribution in [0.3, 0.4) is 0 Å². The molecule has 0 unspecified atom stereocenters. The van der Waals surface area contributed by atoms with Gasteiger partial charge in [-0.2, -0.15) is 0 Å². The van der Waals surface area contributed by atoms with E-state index < -0.39 is 0 Å². The lowest BCUT2D eigenvalue weighted by molar-refractivity contribution is 0.571. The van der Waals surface area contributed by atoms with Gasteiger partial charge >= 0.3 is 0 Å². The molecule has 0 saturated heterocycles. The predicted molar refractivity (Wildman–Crippen MR) is 77.6 cm³/mol. The van der Waals surface area contributed by atoms with Gasteiger partial charge in [0.15, 0.2) is 0 Å². The molecule has 0 fully saturated rings. The Morgan fingerprint density at radius 2 is 1.50 bits per heavy atom. The highest BCUT2D eigenvalue weighted by Gasteiger charge is 2.07. The Morgan fingerprint density at radius 1 is 0.889 bits per heavy atom. The molecule has 0 aliphatic carbocycles. The Kier molecular flexibility index (Phi) is 4.16. The smallest absolute Gasteiger partial charge is 0.0297 e. The molecule has 0 aliphatic rings. The number of aryl methyl sites for hydroxylation is 2. The maximum Gasteiger partial charge on any atom is 0.0297 e. The van der Waals surface area contributed by atoms with Gasteiger partial charge in [0.2, 0.25) is 0 Å². The molecule has 2 aromatic rings. The molecule has 94 valence electrons. The van der Waals surface area contributed by atoms with Crippen molar-refractivity contribution < 1.29 is 0 Å². The van der Waals surface area contributed by atoms with E-state index in [2.05, 4.69) is 74.6 Å². The minimum atomic E-state index is 0.380. The summed E-state index contributed by atoms with van der Waals surface area (Å²) in [6, 6.07) is 17.5. The summed E-state index contributed by atoms with van der Waals surface area (Å²) in [5.41, 5.74) is 5.45. The van der Waals surface area contributed by atoms with Crippen LogP contribution >= 0.6 is 0 Å². The van der Waals surface area contributed by atoms with Crippen LogP contribution in [0.25, 0.3) is 0 Å². The van der Waals surface area contributed by atoms with Gasteiger partial charge in [0.25, 0.3) is 0 Å². The largest absolute Gasteiger partial charge is 0.306 e. The average Bonchev–Trinajstić information content (AvgIpc) is 2.38. The van der Waals surface area contributed by atoms with Crippen molar-refractivity contribution in [2.24, 2.45) is 0 Å². The second-order valence-corrected chi connectivity index (χ2v) is 4.89. The van der Waals surface area contributed by atoms with Gasteiger partial charge in [-0.15, -0.1) is 0 Å². The first-order valence-corrected chi connectivity index (χ1v) is 6.52. The topological polar surface area (TPSA) is 12.0 Å². The van der Waals surface area contributed by atoms with Crippen LogP contribution in [0.4, 0.5) is 0 Å². The molecule has 0 heterocycles. The monoisotopic (exact) mass is 239 g/mol. The number of hydrogen-bond acceptors (Lipinski definition) is 1. The molecule has 1 atom stereocenters. The molecule has 0 bridgehead atoms. The lowest BCUT2D eigenvalue weighted by Gasteiger charge is -2.17. The predicted octanol–water partition coefficient (Wildman–Crippen LogP) is 4.15. The Balaban J connectivity index is 2.03. The molecule has 0 spiro atoms. The van der Waals surface area contributed by atoms with E-state index in [1.807, 2.05) is 0 Å². The normalized spacial score (nSPS) is 12.4. The Labute approximate surface area is 110 Å². The van der Waals surface area contributed by atoms with Crippen molar-refractivity contribution in [3.05, 3.63) is 70.8 Å². The number of hydrogen-bond donors (Lipinski definition) is 1. The second-order valence-electron chi connectivity index (χ2n) is 4.89. The SMILES string of the molecule is Cc1ccccc1CN[C@@H](C)c1ccccc1C. The zero-order valence-electron chi connectivity index (χ0n) is 11.4. The highest BCUT2D eigenvalue weighted by atomic mass is 14.9. The van der Waals surface area contributed by atoms with Crippen LogP contribution in [0.15, 0.2) is 48.5 Å². The van der Waals surface area contributed by atoms with Crippen molar-refractivity contribution >= 4 is 0 Å². The summed E-state index contributed by atoms with van der Waals surface area (Å²) < 4.78 is 0. The molecule has 1 nitrogen and oxygen atoms in total. The highest BCUT2D eigenvalue weighted by Crippen LogP contribution is 2.17. The van der Waals surface area contributed by atoms with E-state index in [1.54, 1.807) is 0 Å². The van der Waals surface area contributed by atoms with Gasteiger partial charge in [-0.25, -0.2) is 0 Å². The van der Waals surface area contributed by atoms with Crippen molar-refractivity contribution in [2.75, 3.05) is 0 Å². The lowest BCUT2D eigenvalue weighted by Crippen LogP contribution is -2.19. The Morgan fingerprint density at radius 3 is 2.17 bits per heavy atom. The lowest BCUT2D eigenvalue weighted by atomic mass is 10.0. The molecule has 2 rings (SSSR count). The molecule has 1 heteroatoms. The Hall–Kier alpha value is -1.60. The number of rotatable bonds is 4. The van der Waals surface area contributed by atoms with Gasteiger partial charge in [-0.1, -0.05) is 48.5 Å². The van der Waals surface area contributed by atoms with Gasteiger partial charge in [-0.3, -0.25) is 0 Å². The zero-order chi connectivity index (χ0) is 13.0. The fourth-order valence-electron chi connectivity index (χ4n) is 2.25. The van der Waals surface area contributed by atoms with Crippen LogP contribution in [-0.2, 0) is 6.54 Å². The zero-order valence-corrected chi connectivity index (χ0v) is 11.4. The van der Waals surface area contributed by atoms with E-state index in [0.717, 1.165) is 6.54 Å². The van der Waals surface area contributed by atoms with Gasteiger partial charge in [0.1, 0.15) is 0 Å². The average molecular weight is 239 g/mol. The van der Waals surface area contributed by atoms with Crippen molar-refractivity contribution in [3.8, 4) is 0 Å². The van der Waals surface area contributed by atoms with Gasteiger partial charge in [-0.05, 0) is 43.0 Å². The van der Waals surface area contributed by atoms with Crippen LogP contribution < -0.4 is 5.32 Å². The molecule has 0 saturated carbocycles. The number of nitrogens with one attached hydrogen (secondary N) is 1. The molecular formula is C17H21N. The van der Waals surface area contributed by atoms with Crippen molar-refractivity contribution in [1.82, 2.24) is 5.32 Å². The molecule has 0 amide bonds. The van der Waals surface area contributed by atoms with E-state index in [4.69, 9.17) is 0 Å². The maximum absolute atomic E-state index is 3.60. The summed E-state index contributed by atoms with van der Waals surface area (Å²) in [4.78, 5) is 0.